The van der Waals surface area contributed by atoms with Crippen LogP contribution in [0.2, 0.25) is 0 Å². The lowest BCUT2D eigenvalue weighted by atomic mass is 10.00. The van der Waals surface area contributed by atoms with Crippen LogP contribution in [0.1, 0.15) is 42.5 Å². The normalized spacial score (nSPS) is 12.8. The van der Waals surface area contributed by atoms with Crippen molar-refractivity contribution in [3.63, 3.8) is 0 Å². The van der Waals surface area contributed by atoms with Crippen molar-refractivity contribution in [3.05, 3.63) is 111 Å². The van der Waals surface area contributed by atoms with Gasteiger partial charge in [-0.3, -0.25) is 9.59 Å². The summed E-state index contributed by atoms with van der Waals surface area (Å²) < 4.78 is 39.7. The Hall–Kier alpha value is -4.29. The molecule has 0 aliphatic carbocycles. The molecule has 4 aromatic rings. The van der Waals surface area contributed by atoms with E-state index in [1.54, 1.807) is 25.2 Å². The second-order valence-electron chi connectivity index (χ2n) is 10.2. The van der Waals surface area contributed by atoms with E-state index in [1.807, 2.05) is 42.6 Å². The highest BCUT2D eigenvalue weighted by Gasteiger charge is 2.31. The van der Waals surface area contributed by atoms with Crippen molar-refractivity contribution >= 4 is 29.0 Å². The third-order valence-electron chi connectivity index (χ3n) is 6.76. The maximum Gasteiger partial charge on any atom is 0.416 e. The second-order valence-corrected chi connectivity index (χ2v) is 11.2. The molecule has 2 atom stereocenters. The summed E-state index contributed by atoms with van der Waals surface area (Å²) in [5.74, 6) is -0.756. The van der Waals surface area contributed by atoms with Gasteiger partial charge in [-0.15, -0.1) is 11.3 Å². The maximum atomic E-state index is 13.4. The number of amides is 2. The fourth-order valence-corrected chi connectivity index (χ4v) is 5.30. The minimum absolute atomic E-state index is 0.0295. The number of carbonyl (C=O) groups is 2. The van der Waals surface area contributed by atoms with Gasteiger partial charge in [0.25, 0.3) is 11.8 Å². The van der Waals surface area contributed by atoms with Crippen LogP contribution < -0.4 is 10.2 Å². The number of nitrogens with one attached hydrogen (secondary N) is 1. The van der Waals surface area contributed by atoms with Crippen LogP contribution in [0.15, 0.2) is 78.3 Å². The summed E-state index contributed by atoms with van der Waals surface area (Å²) in [6.07, 6.45) is -4.39. The van der Waals surface area contributed by atoms with Gasteiger partial charge in [-0.25, -0.2) is 9.97 Å². The lowest BCUT2D eigenvalue weighted by Crippen LogP contribution is -2.49. The van der Waals surface area contributed by atoms with E-state index in [4.69, 9.17) is 0 Å². The van der Waals surface area contributed by atoms with Crippen molar-refractivity contribution in [3.8, 4) is 0 Å². The SMILES string of the molecule is Cc1csc(CN(C)C(=O)c2cccc(C(=O)N[C@@H](Cc3ccccc3)[C@H](O)CN(C)c3cc(C(F)(F)F)ccn3)c2)n1. The Bertz CT molecular complexity index is 1550. The average Bonchev–Trinajstić information content (AvgIpc) is 3.40. The van der Waals surface area contributed by atoms with E-state index in [-0.39, 0.29) is 30.3 Å². The number of hydrogen-bond acceptors (Lipinski definition) is 7. The summed E-state index contributed by atoms with van der Waals surface area (Å²) in [5.41, 5.74) is 1.41. The number of likely N-dealkylation sites (N-methyl/N-ethyl adjacent to an activating group) is 1. The predicted octanol–water partition coefficient (Wildman–Crippen LogP) is 4.98. The summed E-state index contributed by atoms with van der Waals surface area (Å²) in [5, 5.41) is 16.8. The predicted molar refractivity (Wildman–Crippen MR) is 159 cm³/mol. The molecule has 226 valence electrons. The molecule has 0 saturated carbocycles. The number of nitrogens with zero attached hydrogens (tertiary/aromatic N) is 4. The number of aryl methyl sites for hydroxylation is 1. The number of aromatic nitrogens is 2. The minimum Gasteiger partial charge on any atom is -0.389 e. The first-order valence-corrected chi connectivity index (χ1v) is 14.3. The zero-order valence-corrected chi connectivity index (χ0v) is 24.7. The van der Waals surface area contributed by atoms with Crippen molar-refractivity contribution in [2.45, 2.75) is 38.2 Å². The van der Waals surface area contributed by atoms with Gasteiger partial charge in [0.2, 0.25) is 0 Å². The minimum atomic E-state index is -4.54. The highest BCUT2D eigenvalue weighted by Crippen LogP contribution is 2.30. The molecule has 0 saturated heterocycles. The summed E-state index contributed by atoms with van der Waals surface area (Å²) in [6.45, 7) is 2.10. The van der Waals surface area contributed by atoms with Gasteiger partial charge in [0, 0.05) is 49.0 Å². The number of thiazole rings is 1. The topological polar surface area (TPSA) is 98.7 Å². The average molecular weight is 612 g/mol. The quantitative estimate of drug-likeness (QED) is 0.249. The molecule has 2 N–H and O–H groups in total. The molecule has 2 heterocycles. The first-order chi connectivity index (χ1) is 20.4. The number of rotatable bonds is 11. The van der Waals surface area contributed by atoms with Crippen LogP contribution in [-0.4, -0.2) is 64.6 Å². The molecule has 0 bridgehead atoms. The van der Waals surface area contributed by atoms with E-state index < -0.39 is 29.8 Å². The number of anilines is 1. The van der Waals surface area contributed by atoms with E-state index in [9.17, 15) is 27.9 Å². The van der Waals surface area contributed by atoms with E-state index >= 15 is 0 Å². The molecular formula is C31H32F3N5O3S. The number of benzene rings is 2. The standard InChI is InChI=1S/C31H32F3N5O3S/c1-20-19-43-28(36-20)18-39(3)30(42)23-11-7-10-22(15-23)29(41)37-25(14-21-8-5-4-6-9-21)26(40)17-38(2)27-16-24(12-13-35-27)31(32,33)34/h4-13,15-16,19,25-26,40H,14,17-18H2,1-3H3,(H,37,41)/t25-,26+/m0/s1. The van der Waals surface area contributed by atoms with Gasteiger partial charge < -0.3 is 20.2 Å². The molecule has 0 unspecified atom stereocenters. The Balaban J connectivity index is 1.49. The number of alkyl halides is 3. The fraction of sp³-hybridized carbons (Fsp3) is 0.290. The van der Waals surface area contributed by atoms with Crippen LogP contribution in [0.3, 0.4) is 0 Å². The van der Waals surface area contributed by atoms with Crippen LogP contribution in [0.4, 0.5) is 19.0 Å². The maximum absolute atomic E-state index is 13.4. The number of halogens is 3. The summed E-state index contributed by atoms with van der Waals surface area (Å²) >= 11 is 1.46. The molecule has 0 fully saturated rings. The third kappa shape index (κ3) is 8.62. The van der Waals surface area contributed by atoms with Gasteiger partial charge in [0.15, 0.2) is 0 Å². The molecule has 12 heteroatoms. The molecule has 4 rings (SSSR count). The van der Waals surface area contributed by atoms with Crippen LogP contribution in [-0.2, 0) is 19.1 Å². The molecule has 0 aliphatic rings. The zero-order valence-electron chi connectivity index (χ0n) is 23.9. The fourth-order valence-electron chi connectivity index (χ4n) is 4.47. The molecule has 0 radical (unpaired) electrons. The Morgan fingerprint density at radius 3 is 2.42 bits per heavy atom. The van der Waals surface area contributed by atoms with Gasteiger partial charge >= 0.3 is 6.18 Å². The third-order valence-corrected chi connectivity index (χ3v) is 7.71. The number of carbonyl (C=O) groups excluding carboxylic acids is 2. The van der Waals surface area contributed by atoms with Crippen molar-refractivity contribution < 1.29 is 27.9 Å². The Kier molecular flexibility index (Phi) is 10.1. The molecule has 2 amide bonds. The number of hydrogen-bond donors (Lipinski definition) is 2. The molecule has 8 nitrogen and oxygen atoms in total. The lowest BCUT2D eigenvalue weighted by molar-refractivity contribution is -0.137. The first kappa shape index (κ1) is 31.6. The Morgan fingerprint density at radius 1 is 1.02 bits per heavy atom. The lowest BCUT2D eigenvalue weighted by Gasteiger charge is -2.29. The number of pyridine rings is 1. The van der Waals surface area contributed by atoms with Crippen molar-refractivity contribution in [2.24, 2.45) is 0 Å². The van der Waals surface area contributed by atoms with E-state index in [0.717, 1.165) is 34.6 Å². The summed E-state index contributed by atoms with van der Waals surface area (Å²) in [6, 6.07) is 16.5. The smallest absolute Gasteiger partial charge is 0.389 e. The Morgan fingerprint density at radius 2 is 1.74 bits per heavy atom. The van der Waals surface area contributed by atoms with Gasteiger partial charge in [-0.2, -0.15) is 13.2 Å². The largest absolute Gasteiger partial charge is 0.416 e. The summed E-state index contributed by atoms with van der Waals surface area (Å²) in [7, 11) is 3.18. The van der Waals surface area contributed by atoms with Crippen molar-refractivity contribution in [1.82, 2.24) is 20.2 Å². The summed E-state index contributed by atoms with van der Waals surface area (Å²) in [4.78, 5) is 37.8. The molecule has 43 heavy (non-hydrogen) atoms. The number of aliphatic hydroxyl groups excluding tert-OH is 1. The molecule has 0 spiro atoms. The van der Waals surface area contributed by atoms with Crippen LogP contribution in [0.25, 0.3) is 0 Å². The van der Waals surface area contributed by atoms with E-state index in [2.05, 4.69) is 15.3 Å². The molecule has 2 aromatic carbocycles. The Labute approximate surface area is 251 Å². The van der Waals surface area contributed by atoms with Crippen molar-refractivity contribution in [2.75, 3.05) is 25.5 Å². The van der Waals surface area contributed by atoms with Crippen molar-refractivity contribution in [1.29, 1.82) is 0 Å². The zero-order chi connectivity index (χ0) is 31.1. The molecule has 2 aromatic heterocycles. The molecular weight excluding hydrogens is 579 g/mol. The van der Waals surface area contributed by atoms with E-state index in [0.29, 0.717) is 12.1 Å². The van der Waals surface area contributed by atoms with Crippen LogP contribution in [0.5, 0.6) is 0 Å². The highest BCUT2D eigenvalue weighted by molar-refractivity contribution is 7.09. The second kappa shape index (κ2) is 13.8. The van der Waals surface area contributed by atoms with Gasteiger partial charge in [0.05, 0.1) is 24.3 Å². The van der Waals surface area contributed by atoms with Crippen LogP contribution >= 0.6 is 11.3 Å². The molecule has 0 aliphatic heterocycles. The van der Waals surface area contributed by atoms with E-state index in [1.165, 1.54) is 34.3 Å². The number of aliphatic hydroxyl groups is 1. The monoisotopic (exact) mass is 611 g/mol. The van der Waals surface area contributed by atoms with Crippen LogP contribution in [0, 0.1) is 6.92 Å². The first-order valence-electron chi connectivity index (χ1n) is 13.4. The van der Waals surface area contributed by atoms with Gasteiger partial charge in [-0.05, 0) is 49.2 Å². The highest BCUT2D eigenvalue weighted by atomic mass is 32.1. The van der Waals surface area contributed by atoms with Gasteiger partial charge in [-0.1, -0.05) is 36.4 Å². The van der Waals surface area contributed by atoms with Gasteiger partial charge in [0.1, 0.15) is 10.8 Å².